The van der Waals surface area contributed by atoms with E-state index in [1.165, 1.54) is 0 Å². The molecule has 0 saturated heterocycles. The first kappa shape index (κ1) is 11.1. The van der Waals surface area contributed by atoms with Crippen LogP contribution in [0, 0.1) is 5.41 Å². The number of fused-ring (bicyclic) bond motifs is 1. The number of aliphatic hydroxyl groups is 1. The molecule has 0 spiro atoms. The molecule has 0 aromatic carbocycles. The second kappa shape index (κ2) is 3.88. The predicted octanol–water partition coefficient (Wildman–Crippen LogP) is 1.58. The summed E-state index contributed by atoms with van der Waals surface area (Å²) in [6, 6.07) is 3.68. The summed E-state index contributed by atoms with van der Waals surface area (Å²) in [7, 11) is 0. The highest BCUT2D eigenvalue weighted by Crippen LogP contribution is 2.31. The topological polar surface area (TPSA) is 74.9 Å². The Hall–Kier alpha value is -1.39. The molecule has 0 bridgehead atoms. The van der Waals surface area contributed by atoms with Crippen LogP contribution < -0.4 is 5.73 Å². The van der Waals surface area contributed by atoms with Gasteiger partial charge < -0.3 is 15.8 Å². The molecule has 0 aliphatic carbocycles. The van der Waals surface area contributed by atoms with Gasteiger partial charge in [-0.15, -0.1) is 0 Å². The Morgan fingerprint density at radius 3 is 3.00 bits per heavy atom. The highest BCUT2D eigenvalue weighted by atomic mass is 16.3. The predicted molar refractivity (Wildman–Crippen MR) is 63.9 cm³/mol. The van der Waals surface area contributed by atoms with Gasteiger partial charge in [0, 0.05) is 30.5 Å². The van der Waals surface area contributed by atoms with Crippen molar-refractivity contribution in [3.8, 4) is 0 Å². The lowest BCUT2D eigenvalue weighted by atomic mass is 9.82. The maximum atomic E-state index is 9.29. The number of nitrogens with two attached hydrogens (primary N) is 1. The Labute approximate surface area is 94.5 Å². The van der Waals surface area contributed by atoms with Crippen LogP contribution in [0.25, 0.3) is 11.0 Å². The number of aromatic amines is 1. The van der Waals surface area contributed by atoms with Crippen LogP contribution in [0.2, 0.25) is 0 Å². The minimum atomic E-state index is -0.345. The van der Waals surface area contributed by atoms with Gasteiger partial charge in [-0.25, -0.2) is 0 Å². The van der Waals surface area contributed by atoms with Gasteiger partial charge >= 0.3 is 0 Å². The number of H-pyrrole nitrogens is 1. The number of rotatable bonds is 3. The Morgan fingerprint density at radius 1 is 1.56 bits per heavy atom. The molecule has 0 amide bonds. The zero-order valence-electron chi connectivity index (χ0n) is 9.57. The molecule has 2 rings (SSSR count). The van der Waals surface area contributed by atoms with E-state index in [1.54, 1.807) is 6.20 Å². The van der Waals surface area contributed by atoms with E-state index < -0.39 is 0 Å². The first-order chi connectivity index (χ1) is 7.54. The van der Waals surface area contributed by atoms with E-state index in [1.807, 2.05) is 32.2 Å². The third-order valence-corrected chi connectivity index (χ3v) is 3.03. The molecule has 2 aromatic rings. The summed E-state index contributed by atoms with van der Waals surface area (Å²) in [5.41, 5.74) is 8.63. The van der Waals surface area contributed by atoms with E-state index in [9.17, 15) is 5.11 Å². The highest BCUT2D eigenvalue weighted by molar-refractivity contribution is 5.75. The lowest BCUT2D eigenvalue weighted by Gasteiger charge is -2.29. The summed E-state index contributed by atoms with van der Waals surface area (Å²) >= 11 is 0. The van der Waals surface area contributed by atoms with E-state index in [-0.39, 0.29) is 18.1 Å². The second-order valence-corrected chi connectivity index (χ2v) is 4.80. The molecule has 0 saturated carbocycles. The van der Waals surface area contributed by atoms with E-state index in [0.717, 1.165) is 16.6 Å². The number of aromatic nitrogens is 2. The van der Waals surface area contributed by atoms with Crippen molar-refractivity contribution in [1.82, 2.24) is 9.97 Å². The first-order valence-electron chi connectivity index (χ1n) is 5.34. The van der Waals surface area contributed by atoms with Crippen molar-refractivity contribution in [2.24, 2.45) is 11.1 Å². The Kier molecular flexibility index (Phi) is 2.69. The van der Waals surface area contributed by atoms with Crippen LogP contribution in [0.4, 0.5) is 0 Å². The van der Waals surface area contributed by atoms with E-state index in [2.05, 4.69) is 9.97 Å². The molecule has 86 valence electrons. The number of nitrogens with one attached hydrogen (secondary N) is 1. The maximum absolute atomic E-state index is 9.29. The number of hydrogen-bond donors (Lipinski definition) is 3. The van der Waals surface area contributed by atoms with Gasteiger partial charge in [0.1, 0.15) is 0 Å². The third kappa shape index (κ3) is 1.81. The van der Waals surface area contributed by atoms with Gasteiger partial charge in [0.25, 0.3) is 0 Å². The molecule has 0 radical (unpaired) electrons. The molecule has 1 unspecified atom stereocenters. The van der Waals surface area contributed by atoms with Crippen molar-refractivity contribution >= 4 is 11.0 Å². The minimum absolute atomic E-state index is 0.0525. The van der Waals surface area contributed by atoms with Crippen LogP contribution in [0.15, 0.2) is 24.5 Å². The van der Waals surface area contributed by atoms with Crippen LogP contribution in [-0.2, 0) is 0 Å². The third-order valence-electron chi connectivity index (χ3n) is 3.03. The van der Waals surface area contributed by atoms with Gasteiger partial charge in [-0.1, -0.05) is 13.8 Å². The number of aliphatic hydroxyl groups excluding tert-OH is 1. The van der Waals surface area contributed by atoms with Gasteiger partial charge in [0.2, 0.25) is 0 Å². The summed E-state index contributed by atoms with van der Waals surface area (Å²) in [4.78, 5) is 7.42. The van der Waals surface area contributed by atoms with E-state index in [0.29, 0.717) is 0 Å². The summed E-state index contributed by atoms with van der Waals surface area (Å²) in [5.74, 6) is 0. The van der Waals surface area contributed by atoms with Gasteiger partial charge in [0.15, 0.2) is 0 Å². The van der Waals surface area contributed by atoms with Crippen LogP contribution in [-0.4, -0.2) is 21.7 Å². The largest absolute Gasteiger partial charge is 0.396 e. The number of hydrogen-bond acceptors (Lipinski definition) is 3. The average Bonchev–Trinajstić information content (AvgIpc) is 2.74. The molecule has 0 aliphatic rings. The van der Waals surface area contributed by atoms with E-state index in [4.69, 9.17) is 5.73 Å². The summed E-state index contributed by atoms with van der Waals surface area (Å²) in [6.45, 7) is 3.93. The molecule has 4 N–H and O–H groups in total. The molecule has 1 atom stereocenters. The fraction of sp³-hybridized carbons (Fsp3) is 0.417. The van der Waals surface area contributed by atoms with Gasteiger partial charge in [-0.05, 0) is 17.7 Å². The first-order valence-corrected chi connectivity index (χ1v) is 5.34. The zero-order chi connectivity index (χ0) is 11.8. The van der Waals surface area contributed by atoms with Crippen molar-refractivity contribution in [2.45, 2.75) is 19.9 Å². The normalized spacial score (nSPS) is 14.2. The minimum Gasteiger partial charge on any atom is -0.396 e. The summed E-state index contributed by atoms with van der Waals surface area (Å²) in [6.07, 6.45) is 3.63. The molecule has 0 aliphatic heterocycles. The molecule has 4 nitrogen and oxygen atoms in total. The quantitative estimate of drug-likeness (QED) is 0.733. The fourth-order valence-electron chi connectivity index (χ4n) is 1.67. The van der Waals surface area contributed by atoms with Crippen LogP contribution in [0.3, 0.4) is 0 Å². The van der Waals surface area contributed by atoms with Gasteiger partial charge in [-0.2, -0.15) is 0 Å². The van der Waals surface area contributed by atoms with Crippen molar-refractivity contribution in [1.29, 1.82) is 0 Å². The molecule has 16 heavy (non-hydrogen) atoms. The highest BCUT2D eigenvalue weighted by Gasteiger charge is 2.27. The Balaban J connectivity index is 2.39. The number of pyridine rings is 1. The van der Waals surface area contributed by atoms with Crippen LogP contribution in [0.5, 0.6) is 0 Å². The standard InChI is InChI=1S/C12H17N3O/c1-12(2,7-16)11(13)8-5-10-9(15-6-8)3-4-14-10/h3-6,11,14,16H,7,13H2,1-2H3. The SMILES string of the molecule is CC(C)(CO)C(N)c1cnc2cc[nH]c2c1. The molecule has 4 heteroatoms. The van der Waals surface area contributed by atoms with Gasteiger partial charge in [0.05, 0.1) is 11.0 Å². The van der Waals surface area contributed by atoms with Crippen LogP contribution in [0.1, 0.15) is 25.5 Å². The molecule has 0 fully saturated rings. The maximum Gasteiger partial charge on any atom is 0.0878 e. The lowest BCUT2D eigenvalue weighted by molar-refractivity contribution is 0.132. The van der Waals surface area contributed by atoms with Crippen molar-refractivity contribution in [3.63, 3.8) is 0 Å². The molecule has 2 heterocycles. The lowest BCUT2D eigenvalue weighted by Crippen LogP contribution is -2.32. The van der Waals surface area contributed by atoms with Crippen LogP contribution >= 0.6 is 0 Å². The van der Waals surface area contributed by atoms with E-state index >= 15 is 0 Å². The van der Waals surface area contributed by atoms with Crippen molar-refractivity contribution in [3.05, 3.63) is 30.1 Å². The Morgan fingerprint density at radius 2 is 2.31 bits per heavy atom. The summed E-state index contributed by atoms with van der Waals surface area (Å²) < 4.78 is 0. The smallest absolute Gasteiger partial charge is 0.0878 e. The van der Waals surface area contributed by atoms with Gasteiger partial charge in [-0.3, -0.25) is 4.98 Å². The molecular weight excluding hydrogens is 202 g/mol. The second-order valence-electron chi connectivity index (χ2n) is 4.80. The van der Waals surface area contributed by atoms with Crippen molar-refractivity contribution in [2.75, 3.05) is 6.61 Å². The zero-order valence-corrected chi connectivity index (χ0v) is 9.57. The number of nitrogens with zero attached hydrogens (tertiary/aromatic N) is 1. The summed E-state index contributed by atoms with van der Waals surface area (Å²) in [5, 5.41) is 9.29. The monoisotopic (exact) mass is 219 g/mol. The molecular formula is C12H17N3O. The van der Waals surface area contributed by atoms with Crippen molar-refractivity contribution < 1.29 is 5.11 Å². The molecule has 2 aromatic heterocycles. The fourth-order valence-corrected chi connectivity index (χ4v) is 1.67. The average molecular weight is 219 g/mol. The Bertz CT molecular complexity index is 490.